The van der Waals surface area contributed by atoms with Crippen LogP contribution in [0.15, 0.2) is 61.3 Å². The lowest BCUT2D eigenvalue weighted by atomic mass is 10.0. The first-order valence-corrected chi connectivity index (χ1v) is 11.7. The molecular weight excluding hydrogens is 438 g/mol. The Labute approximate surface area is 204 Å². The zero-order chi connectivity index (χ0) is 24.0. The summed E-state index contributed by atoms with van der Waals surface area (Å²) in [6.45, 7) is 4.38. The van der Waals surface area contributed by atoms with Gasteiger partial charge in [-0.25, -0.2) is 9.97 Å². The molecule has 1 aromatic carbocycles. The van der Waals surface area contributed by atoms with Crippen LogP contribution >= 0.6 is 0 Å². The standard InChI is InChI=1S/C27H27N7O/c1-2-3-13-29-22-7-5-14-34(17-22)26-24-23(16-30-25(24)31-18-32-26)19-8-10-20(11-9-19)27(35)33-21-6-4-12-28-15-21/h4,6,8-12,15-16,18,22,29H,5,7,13-14,17H2,1H3,(H,33,35)(H,30,31,32)/t22-/m1/s1. The third kappa shape index (κ3) is 5.00. The number of piperidine rings is 1. The van der Waals surface area contributed by atoms with E-state index in [0.29, 0.717) is 23.8 Å². The summed E-state index contributed by atoms with van der Waals surface area (Å²) in [5, 5.41) is 7.40. The first-order valence-electron chi connectivity index (χ1n) is 11.7. The molecule has 4 aromatic rings. The summed E-state index contributed by atoms with van der Waals surface area (Å²) >= 11 is 0. The number of nitrogens with zero attached hydrogens (tertiary/aromatic N) is 4. The van der Waals surface area contributed by atoms with Crippen molar-refractivity contribution in [3.63, 3.8) is 0 Å². The molecule has 35 heavy (non-hydrogen) atoms. The molecule has 1 atom stereocenters. The Hall–Kier alpha value is -4.22. The van der Waals surface area contributed by atoms with Gasteiger partial charge in [-0.3, -0.25) is 9.78 Å². The second kappa shape index (κ2) is 10.4. The number of H-pyrrole nitrogens is 1. The number of fused-ring (bicyclic) bond motifs is 1. The van der Waals surface area contributed by atoms with Gasteiger partial charge in [-0.1, -0.05) is 18.1 Å². The Morgan fingerprint density at radius 1 is 1.23 bits per heavy atom. The highest BCUT2D eigenvalue weighted by atomic mass is 16.1. The molecule has 8 heteroatoms. The molecular formula is C27H27N7O. The molecule has 1 saturated heterocycles. The van der Waals surface area contributed by atoms with Crippen molar-refractivity contribution in [2.24, 2.45) is 0 Å². The van der Waals surface area contributed by atoms with Gasteiger partial charge in [0.05, 0.1) is 23.8 Å². The Kier molecular flexibility index (Phi) is 6.68. The van der Waals surface area contributed by atoms with Gasteiger partial charge in [0.1, 0.15) is 17.8 Å². The van der Waals surface area contributed by atoms with Crippen LogP contribution in [0.3, 0.4) is 0 Å². The lowest BCUT2D eigenvalue weighted by Crippen LogP contribution is -2.46. The number of amides is 1. The molecule has 1 fully saturated rings. The molecule has 5 rings (SSSR count). The minimum Gasteiger partial charge on any atom is -0.354 e. The zero-order valence-electron chi connectivity index (χ0n) is 19.6. The van der Waals surface area contributed by atoms with Crippen LogP contribution < -0.4 is 15.5 Å². The van der Waals surface area contributed by atoms with Gasteiger partial charge in [0, 0.05) is 42.7 Å². The van der Waals surface area contributed by atoms with E-state index in [-0.39, 0.29) is 5.91 Å². The van der Waals surface area contributed by atoms with E-state index in [1.807, 2.05) is 43.5 Å². The summed E-state index contributed by atoms with van der Waals surface area (Å²) in [5.41, 5.74) is 4.05. The molecule has 3 aromatic heterocycles. The fourth-order valence-electron chi connectivity index (χ4n) is 4.47. The van der Waals surface area contributed by atoms with Crippen molar-refractivity contribution in [2.45, 2.75) is 25.8 Å². The Bertz CT molecular complexity index is 1370. The quantitative estimate of drug-likeness (QED) is 0.374. The first-order chi connectivity index (χ1) is 17.2. The van der Waals surface area contributed by atoms with Crippen LogP contribution in [0.25, 0.3) is 22.2 Å². The number of anilines is 2. The summed E-state index contributed by atoms with van der Waals surface area (Å²) < 4.78 is 0. The molecule has 0 aliphatic carbocycles. The molecule has 176 valence electrons. The molecule has 0 unspecified atom stereocenters. The van der Waals surface area contributed by atoms with E-state index in [4.69, 9.17) is 0 Å². The Morgan fingerprint density at radius 3 is 2.91 bits per heavy atom. The van der Waals surface area contributed by atoms with Gasteiger partial charge in [0.2, 0.25) is 0 Å². The third-order valence-electron chi connectivity index (χ3n) is 6.20. The van der Waals surface area contributed by atoms with Gasteiger partial charge in [0.15, 0.2) is 0 Å². The molecule has 1 aliphatic heterocycles. The van der Waals surface area contributed by atoms with Gasteiger partial charge in [0.25, 0.3) is 5.91 Å². The number of nitrogens with one attached hydrogen (secondary N) is 3. The maximum atomic E-state index is 12.6. The van der Waals surface area contributed by atoms with Crippen molar-refractivity contribution in [1.82, 2.24) is 25.3 Å². The topological polar surface area (TPSA) is 98.8 Å². The molecule has 8 nitrogen and oxygen atoms in total. The normalized spacial score (nSPS) is 15.5. The number of carbonyl (C=O) groups is 1. The second-order valence-corrected chi connectivity index (χ2v) is 8.49. The fraction of sp³-hybridized carbons (Fsp3) is 0.259. The number of hydrogen-bond donors (Lipinski definition) is 3. The monoisotopic (exact) mass is 465 g/mol. The summed E-state index contributed by atoms with van der Waals surface area (Å²) in [5.74, 6) is 6.79. The molecule has 1 aliphatic rings. The van der Waals surface area contributed by atoms with Crippen molar-refractivity contribution in [1.29, 1.82) is 0 Å². The van der Waals surface area contributed by atoms with Gasteiger partial charge in [-0.05, 0) is 49.6 Å². The van der Waals surface area contributed by atoms with Crippen molar-refractivity contribution in [3.05, 3.63) is 66.9 Å². The van der Waals surface area contributed by atoms with Crippen LogP contribution in [-0.4, -0.2) is 51.5 Å². The predicted octanol–water partition coefficient (Wildman–Crippen LogP) is 3.85. The zero-order valence-corrected chi connectivity index (χ0v) is 19.6. The largest absolute Gasteiger partial charge is 0.354 e. The van der Waals surface area contributed by atoms with E-state index in [2.05, 4.69) is 47.3 Å². The minimum absolute atomic E-state index is 0.174. The highest BCUT2D eigenvalue weighted by molar-refractivity contribution is 6.05. The van der Waals surface area contributed by atoms with Gasteiger partial charge < -0.3 is 20.5 Å². The predicted molar refractivity (Wildman–Crippen MR) is 138 cm³/mol. The fourth-order valence-corrected chi connectivity index (χ4v) is 4.47. The second-order valence-electron chi connectivity index (χ2n) is 8.49. The smallest absolute Gasteiger partial charge is 0.255 e. The van der Waals surface area contributed by atoms with Crippen molar-refractivity contribution < 1.29 is 4.79 Å². The van der Waals surface area contributed by atoms with Gasteiger partial charge in [-0.15, -0.1) is 5.92 Å². The van der Waals surface area contributed by atoms with Crippen LogP contribution in [0.4, 0.5) is 11.5 Å². The number of aromatic amines is 1. The molecule has 0 radical (unpaired) electrons. The lowest BCUT2D eigenvalue weighted by molar-refractivity contribution is 0.102. The average molecular weight is 466 g/mol. The van der Waals surface area contributed by atoms with Crippen LogP contribution in [0.2, 0.25) is 0 Å². The van der Waals surface area contributed by atoms with E-state index in [0.717, 1.165) is 53.9 Å². The van der Waals surface area contributed by atoms with E-state index in [1.54, 1.807) is 24.8 Å². The van der Waals surface area contributed by atoms with Crippen LogP contribution in [-0.2, 0) is 0 Å². The van der Waals surface area contributed by atoms with Crippen LogP contribution in [0.5, 0.6) is 0 Å². The van der Waals surface area contributed by atoms with E-state index in [1.165, 1.54) is 0 Å². The number of pyridine rings is 1. The summed E-state index contributed by atoms with van der Waals surface area (Å²) in [4.78, 5) is 31.4. The number of carbonyl (C=O) groups excluding carboxylic acids is 1. The van der Waals surface area contributed by atoms with E-state index >= 15 is 0 Å². The van der Waals surface area contributed by atoms with E-state index < -0.39 is 0 Å². The van der Waals surface area contributed by atoms with Crippen molar-refractivity contribution in [3.8, 4) is 23.0 Å². The molecule has 3 N–H and O–H groups in total. The van der Waals surface area contributed by atoms with Crippen LogP contribution in [0, 0.1) is 11.8 Å². The van der Waals surface area contributed by atoms with E-state index in [9.17, 15) is 4.79 Å². The average Bonchev–Trinajstić information content (AvgIpc) is 3.34. The van der Waals surface area contributed by atoms with Crippen molar-refractivity contribution in [2.75, 3.05) is 29.9 Å². The van der Waals surface area contributed by atoms with Crippen molar-refractivity contribution >= 4 is 28.4 Å². The Balaban J connectivity index is 1.39. The molecule has 1 amide bonds. The maximum absolute atomic E-state index is 12.6. The number of aromatic nitrogens is 4. The van der Waals surface area contributed by atoms with Gasteiger partial charge >= 0.3 is 0 Å². The SMILES string of the molecule is CC#CCN[C@@H]1CCCN(c2ncnc3[nH]cc(-c4ccc(C(=O)Nc5cccnc5)cc4)c23)C1. The third-order valence-corrected chi connectivity index (χ3v) is 6.20. The number of benzene rings is 1. The maximum Gasteiger partial charge on any atom is 0.255 e. The highest BCUT2D eigenvalue weighted by Gasteiger charge is 2.24. The van der Waals surface area contributed by atoms with Crippen LogP contribution in [0.1, 0.15) is 30.1 Å². The number of hydrogen-bond acceptors (Lipinski definition) is 6. The molecule has 0 spiro atoms. The Morgan fingerprint density at radius 2 is 2.11 bits per heavy atom. The van der Waals surface area contributed by atoms with Gasteiger partial charge in [-0.2, -0.15) is 0 Å². The molecule has 0 bridgehead atoms. The summed E-state index contributed by atoms with van der Waals surface area (Å²) in [6, 6.07) is 11.6. The molecule has 0 saturated carbocycles. The summed E-state index contributed by atoms with van der Waals surface area (Å²) in [7, 11) is 0. The molecule has 4 heterocycles. The highest BCUT2D eigenvalue weighted by Crippen LogP contribution is 2.34. The number of rotatable bonds is 6. The summed E-state index contributed by atoms with van der Waals surface area (Å²) in [6.07, 6.45) is 9.08. The first kappa shape index (κ1) is 22.6. The minimum atomic E-state index is -0.174. The lowest BCUT2D eigenvalue weighted by Gasteiger charge is -2.34.